The Balaban J connectivity index is 0.000000153. The van der Waals surface area contributed by atoms with E-state index in [-0.39, 0.29) is 39.0 Å². The first-order valence-corrected chi connectivity index (χ1v) is 26.4. The summed E-state index contributed by atoms with van der Waals surface area (Å²) < 4.78 is 0. The molecule has 0 saturated heterocycles. The standard InChI is InChI=1S/C29H25N12.C29H23N12.2Zn/c2*1-17-11-12-21-22(15-17)35-25(34-21)37-27-39-28(18-7-6-13-30-16-18)29(41-27,23-10-4-5-14-31-23)40-26(38-28)36-24-32-19-8-2-3-9-20(19)33-24;;/h2-15,30H,16H2,1H3,(H5-,32,33,34,35,36,37,38,39,40,41);2-16H,1H3,(H5-,32,33,34,35,36,37,38,39,40,41);;/q2*-1;2*+2/t2*28-,29+;;/m00../s1. The van der Waals surface area contributed by atoms with Gasteiger partial charge in [0, 0.05) is 48.8 Å². The molecule has 11 N–H and O–H groups in total. The van der Waals surface area contributed by atoms with Crippen molar-refractivity contribution in [2.75, 3.05) is 27.8 Å². The van der Waals surface area contributed by atoms with Crippen molar-refractivity contribution >= 4 is 91.8 Å². The predicted octanol–water partition coefficient (Wildman–Crippen LogP) is 8.43. The van der Waals surface area contributed by atoms with Crippen LogP contribution >= 0.6 is 0 Å². The van der Waals surface area contributed by atoms with Gasteiger partial charge in [-0.1, -0.05) is 60.7 Å². The molecule has 4 aromatic carbocycles. The second-order valence-corrected chi connectivity index (χ2v) is 20.1. The molecule has 26 heteroatoms. The van der Waals surface area contributed by atoms with E-state index in [1.54, 1.807) is 24.8 Å². The molecule has 16 rings (SSSR count). The maximum Gasteiger partial charge on any atom is 2.00 e. The van der Waals surface area contributed by atoms with Crippen molar-refractivity contribution < 1.29 is 39.0 Å². The van der Waals surface area contributed by atoms with E-state index in [1.165, 1.54) is 0 Å². The molecule has 402 valence electrons. The normalized spacial score (nSPS) is 21.5. The van der Waals surface area contributed by atoms with Crippen LogP contribution in [0.5, 0.6) is 0 Å². The van der Waals surface area contributed by atoms with E-state index >= 15 is 0 Å². The van der Waals surface area contributed by atoms with Crippen LogP contribution in [0.3, 0.4) is 0 Å². The topological polar surface area (TPSA) is 315 Å². The second-order valence-electron chi connectivity index (χ2n) is 20.1. The van der Waals surface area contributed by atoms with Crippen LogP contribution in [-0.2, 0) is 55.9 Å². The Morgan fingerprint density at radius 3 is 1.46 bits per heavy atom. The Bertz CT molecular complexity index is 4430. The number of H-pyrrole nitrogens is 4. The van der Waals surface area contributed by atoms with Gasteiger partial charge in [0.15, 0.2) is 22.7 Å². The van der Waals surface area contributed by atoms with Crippen LogP contribution in [0.1, 0.15) is 28.1 Å². The van der Waals surface area contributed by atoms with E-state index in [2.05, 4.69) is 90.1 Å². The maximum atomic E-state index is 5.17. The third kappa shape index (κ3) is 9.02. The minimum Gasteiger partial charge on any atom is -0.387 e. The number of pyridine rings is 3. The molecule has 12 heterocycles. The molecule has 11 aromatic rings. The van der Waals surface area contributed by atoms with E-state index in [4.69, 9.17) is 45.6 Å². The third-order valence-electron chi connectivity index (χ3n) is 14.6. The first-order valence-electron chi connectivity index (χ1n) is 26.4. The number of para-hydroxylation sites is 4. The number of hydrogen-bond donors (Lipinski definition) is 11. The number of aromatic nitrogens is 11. The van der Waals surface area contributed by atoms with E-state index < -0.39 is 22.7 Å². The van der Waals surface area contributed by atoms with Gasteiger partial charge in [-0.05, 0) is 122 Å². The van der Waals surface area contributed by atoms with E-state index in [0.29, 0.717) is 65.6 Å². The summed E-state index contributed by atoms with van der Waals surface area (Å²) in [5, 5.41) is 33.7. The van der Waals surface area contributed by atoms with Crippen LogP contribution in [-0.4, -0.2) is 90.9 Å². The number of nitrogens with one attached hydrogen (secondary N) is 11. The molecule has 0 unspecified atom stereocenters. The molecule has 0 fully saturated rings. The third-order valence-corrected chi connectivity index (χ3v) is 14.6. The van der Waals surface area contributed by atoms with E-state index in [9.17, 15) is 0 Å². The van der Waals surface area contributed by atoms with Crippen molar-refractivity contribution in [3.8, 4) is 0 Å². The summed E-state index contributed by atoms with van der Waals surface area (Å²) in [4.78, 5) is 66.3. The zero-order chi connectivity index (χ0) is 54.9. The summed E-state index contributed by atoms with van der Waals surface area (Å²) in [5.74, 6) is 3.78. The van der Waals surface area contributed by atoms with Gasteiger partial charge in [0.2, 0.25) is 23.8 Å². The monoisotopic (exact) mass is 1210 g/mol. The van der Waals surface area contributed by atoms with Gasteiger partial charge in [0.25, 0.3) is 0 Å². The number of hydrogen-bond acceptors (Lipinski definition) is 18. The molecule has 0 bridgehead atoms. The SMILES string of the molecule is Cc1ccc2nc(NC3=N[C@]4(C5=CC=CNC5)[N-]C(Nc5nc6ccccc6[nH]5)=N[C@]4(c4ccccn4)N3)[nH]c2c1.Cc1ccc2nc(NC3=N[C@]4(c5cccnc5)[N-]C(Nc5nc6ccccc6[nH]5)=N[C@]4(c4ccccn4)N3)[nH]c2c1.[Zn+2].[Zn+2]. The van der Waals surface area contributed by atoms with Crippen molar-refractivity contribution in [3.05, 3.63) is 221 Å². The number of rotatable bonds is 8. The van der Waals surface area contributed by atoms with Gasteiger partial charge in [-0.3, -0.25) is 25.6 Å². The summed E-state index contributed by atoms with van der Waals surface area (Å²) >= 11 is 0. The van der Waals surface area contributed by atoms with Gasteiger partial charge in [0.1, 0.15) is 11.9 Å². The van der Waals surface area contributed by atoms with Gasteiger partial charge in [-0.2, -0.15) is 0 Å². The molecule has 24 nitrogen and oxygen atoms in total. The maximum absolute atomic E-state index is 5.17. The van der Waals surface area contributed by atoms with Crippen LogP contribution in [0.15, 0.2) is 202 Å². The van der Waals surface area contributed by atoms with Crippen molar-refractivity contribution in [2.45, 2.75) is 36.5 Å². The van der Waals surface area contributed by atoms with Crippen LogP contribution < -0.4 is 37.2 Å². The summed E-state index contributed by atoms with van der Waals surface area (Å²) in [6, 6.07) is 43.0. The molecule has 0 amide bonds. The van der Waals surface area contributed by atoms with Crippen LogP contribution in [0.25, 0.3) is 54.8 Å². The Labute approximate surface area is 503 Å². The van der Waals surface area contributed by atoms with Gasteiger partial charge >= 0.3 is 39.0 Å². The summed E-state index contributed by atoms with van der Waals surface area (Å²) in [7, 11) is 0. The molecule has 4 atom stereocenters. The molecule has 0 radical (unpaired) electrons. The minimum atomic E-state index is -1.27. The number of aromatic amines is 4. The van der Waals surface area contributed by atoms with Gasteiger partial charge < -0.3 is 67.1 Å². The van der Waals surface area contributed by atoms with Crippen LogP contribution in [0.4, 0.5) is 23.8 Å². The molecule has 5 aliphatic rings. The zero-order valence-electron chi connectivity index (χ0n) is 45.2. The average molecular weight is 1210 g/mol. The number of imidazole rings is 4. The molecule has 7 aromatic heterocycles. The molecule has 5 aliphatic heterocycles. The largest absolute Gasteiger partial charge is 2.00 e. The van der Waals surface area contributed by atoms with Crippen molar-refractivity contribution in [1.29, 1.82) is 0 Å². The van der Waals surface area contributed by atoms with Gasteiger partial charge in [-0.25, -0.2) is 29.9 Å². The number of aryl methyl sites for hydroxylation is 2. The molecule has 0 saturated carbocycles. The van der Waals surface area contributed by atoms with Crippen LogP contribution in [0.2, 0.25) is 0 Å². The number of aliphatic imine (C=N–C) groups is 4. The second kappa shape index (κ2) is 21.0. The number of benzene rings is 4. The predicted molar refractivity (Wildman–Crippen MR) is 317 cm³/mol. The summed E-state index contributed by atoms with van der Waals surface area (Å²) in [5.41, 5.74) is 7.44. The number of anilines is 4. The Morgan fingerprint density at radius 2 is 0.964 bits per heavy atom. The van der Waals surface area contributed by atoms with E-state index in [1.807, 2.05) is 153 Å². The van der Waals surface area contributed by atoms with Crippen molar-refractivity contribution in [3.63, 3.8) is 0 Å². The van der Waals surface area contributed by atoms with Crippen molar-refractivity contribution in [1.82, 2.24) is 70.8 Å². The number of nitrogens with zero attached hydrogens (tertiary/aromatic N) is 13. The Morgan fingerprint density at radius 1 is 0.476 bits per heavy atom. The Kier molecular flexibility index (Phi) is 13.3. The molecular weight excluding hydrogens is 1160 g/mol. The fourth-order valence-corrected chi connectivity index (χ4v) is 10.9. The smallest absolute Gasteiger partial charge is 0.387 e. The Hall–Kier alpha value is -10.2. The first kappa shape index (κ1) is 53.1. The van der Waals surface area contributed by atoms with Crippen molar-refractivity contribution in [2.24, 2.45) is 20.0 Å². The van der Waals surface area contributed by atoms with Crippen LogP contribution in [0, 0.1) is 13.8 Å². The minimum absolute atomic E-state index is 0. The number of guanidine groups is 4. The number of fused-ring (bicyclic) bond motifs is 6. The quantitative estimate of drug-likeness (QED) is 0.0637. The fourth-order valence-electron chi connectivity index (χ4n) is 10.9. The number of dihydropyridines is 1. The molecule has 0 aliphatic carbocycles. The average Bonchev–Trinajstić information content (AvgIpc) is 1.58. The first-order chi connectivity index (χ1) is 40.2. The fraction of sp³-hybridized carbons (Fsp3) is 0.121. The molecular formula is C58H48N24Zn2+2. The van der Waals surface area contributed by atoms with Gasteiger partial charge in [-0.15, -0.1) is 0 Å². The zero-order valence-corrected chi connectivity index (χ0v) is 51.1. The summed E-state index contributed by atoms with van der Waals surface area (Å²) in [6.07, 6.45) is 12.8. The number of allylic oxidation sites excluding steroid dienone is 2. The van der Waals surface area contributed by atoms with Gasteiger partial charge in [0.05, 0.1) is 55.5 Å². The van der Waals surface area contributed by atoms with E-state index in [0.717, 1.165) is 66.4 Å². The molecule has 0 spiro atoms. The summed E-state index contributed by atoms with van der Waals surface area (Å²) in [6.45, 7) is 4.63. The molecule has 84 heavy (non-hydrogen) atoms.